The van der Waals surface area contributed by atoms with E-state index in [0.29, 0.717) is 23.2 Å². The average molecular weight is 376 g/mol. The first kappa shape index (κ1) is 18.4. The Hall–Kier alpha value is -2.38. The number of hydrazine groups is 1. The number of aromatic nitrogens is 2. The summed E-state index contributed by atoms with van der Waals surface area (Å²) in [5.41, 5.74) is 2.62. The van der Waals surface area contributed by atoms with Crippen LogP contribution in [0.15, 0.2) is 36.4 Å². The number of nitrogens with two attached hydrogens (primary N) is 1. The van der Waals surface area contributed by atoms with E-state index in [2.05, 4.69) is 20.5 Å². The first-order valence-electron chi connectivity index (χ1n) is 8.63. The number of hydrogen-bond donors (Lipinski definition) is 2. The molecule has 26 heavy (non-hydrogen) atoms. The molecule has 1 amide bonds. The van der Waals surface area contributed by atoms with Gasteiger partial charge < -0.3 is 9.64 Å². The summed E-state index contributed by atoms with van der Waals surface area (Å²) in [5.74, 6) is 7.07. The number of benzene rings is 1. The van der Waals surface area contributed by atoms with E-state index in [1.807, 2.05) is 6.07 Å². The fourth-order valence-corrected chi connectivity index (χ4v) is 3.16. The van der Waals surface area contributed by atoms with Crippen molar-refractivity contribution in [2.45, 2.75) is 19.3 Å². The van der Waals surface area contributed by atoms with Gasteiger partial charge in [-0.2, -0.15) is 0 Å². The minimum absolute atomic E-state index is 0.311. The number of rotatable bonds is 6. The van der Waals surface area contributed by atoms with Gasteiger partial charge in [-0.3, -0.25) is 10.2 Å². The minimum Gasteiger partial charge on any atom is -0.494 e. The lowest BCUT2D eigenvalue weighted by Gasteiger charge is -2.32. The van der Waals surface area contributed by atoms with Crippen LogP contribution < -0.4 is 20.9 Å². The summed E-state index contributed by atoms with van der Waals surface area (Å²) in [6.07, 6.45) is 3.21. The lowest BCUT2D eigenvalue weighted by molar-refractivity contribution is 0.0953. The predicted octanol–water partition coefficient (Wildman–Crippen LogP) is 2.42. The van der Waals surface area contributed by atoms with Crippen LogP contribution in [0.2, 0.25) is 5.15 Å². The van der Waals surface area contributed by atoms with Crippen molar-refractivity contribution in [2.24, 2.45) is 11.8 Å². The standard InChI is InChI=1S/C18H22ClN5O2/c19-16-5-6-17(23-22-16)24-10-7-13(8-11-24)9-12-26-15-3-1-14(2-4-15)18(25)21-20/h1-6,13H,7-12,20H2,(H,21,25). The number of carbonyl (C=O) groups is 1. The van der Waals surface area contributed by atoms with Gasteiger partial charge in [-0.15, -0.1) is 10.2 Å². The number of nitrogens with one attached hydrogen (secondary N) is 1. The van der Waals surface area contributed by atoms with E-state index in [9.17, 15) is 4.79 Å². The maximum Gasteiger partial charge on any atom is 0.265 e. The second kappa shape index (κ2) is 8.82. The Bertz CT molecular complexity index is 715. The van der Waals surface area contributed by atoms with Gasteiger partial charge in [-0.1, -0.05) is 11.6 Å². The van der Waals surface area contributed by atoms with Crippen LogP contribution in [0.25, 0.3) is 0 Å². The zero-order chi connectivity index (χ0) is 18.4. The van der Waals surface area contributed by atoms with Crippen molar-refractivity contribution >= 4 is 23.3 Å². The highest BCUT2D eigenvalue weighted by atomic mass is 35.5. The fourth-order valence-electron chi connectivity index (χ4n) is 3.06. The number of amides is 1. The van der Waals surface area contributed by atoms with E-state index in [1.54, 1.807) is 30.3 Å². The Morgan fingerprint density at radius 1 is 1.19 bits per heavy atom. The lowest BCUT2D eigenvalue weighted by atomic mass is 9.94. The molecule has 0 atom stereocenters. The molecule has 3 N–H and O–H groups in total. The molecule has 0 spiro atoms. The topological polar surface area (TPSA) is 93.4 Å². The summed E-state index contributed by atoms with van der Waals surface area (Å²) in [6.45, 7) is 2.58. The monoisotopic (exact) mass is 375 g/mol. The molecule has 8 heteroatoms. The lowest BCUT2D eigenvalue weighted by Crippen LogP contribution is -2.34. The van der Waals surface area contributed by atoms with Crippen LogP contribution in [-0.2, 0) is 0 Å². The van der Waals surface area contributed by atoms with Crippen LogP contribution >= 0.6 is 11.6 Å². The van der Waals surface area contributed by atoms with Gasteiger partial charge in [-0.05, 0) is 61.6 Å². The van der Waals surface area contributed by atoms with Crippen LogP contribution in [0.5, 0.6) is 5.75 Å². The van der Waals surface area contributed by atoms with Gasteiger partial charge in [0.1, 0.15) is 5.75 Å². The third kappa shape index (κ3) is 4.83. The average Bonchev–Trinajstić information content (AvgIpc) is 2.69. The van der Waals surface area contributed by atoms with Crippen molar-refractivity contribution in [2.75, 3.05) is 24.6 Å². The Labute approximate surface area is 157 Å². The third-order valence-electron chi connectivity index (χ3n) is 4.60. The molecule has 1 aliphatic rings. The molecule has 138 valence electrons. The summed E-state index contributed by atoms with van der Waals surface area (Å²) in [7, 11) is 0. The highest BCUT2D eigenvalue weighted by Gasteiger charge is 2.20. The molecule has 1 aromatic heterocycles. The number of nitrogens with zero attached hydrogens (tertiary/aromatic N) is 3. The van der Waals surface area contributed by atoms with Crippen molar-refractivity contribution in [3.63, 3.8) is 0 Å². The zero-order valence-electron chi connectivity index (χ0n) is 14.4. The highest BCUT2D eigenvalue weighted by molar-refractivity contribution is 6.29. The maximum atomic E-state index is 11.4. The molecule has 7 nitrogen and oxygen atoms in total. The van der Waals surface area contributed by atoms with Crippen LogP contribution in [0, 0.1) is 5.92 Å². The Kier molecular flexibility index (Phi) is 6.25. The zero-order valence-corrected chi connectivity index (χ0v) is 15.2. The smallest absolute Gasteiger partial charge is 0.265 e. The number of halogens is 1. The molecular weight excluding hydrogens is 354 g/mol. The number of carbonyl (C=O) groups excluding carboxylic acids is 1. The summed E-state index contributed by atoms with van der Waals surface area (Å²) < 4.78 is 5.79. The molecule has 0 saturated carbocycles. The normalized spacial score (nSPS) is 14.9. The largest absolute Gasteiger partial charge is 0.494 e. The third-order valence-corrected chi connectivity index (χ3v) is 4.80. The molecule has 1 aromatic carbocycles. The Balaban J connectivity index is 1.40. The summed E-state index contributed by atoms with van der Waals surface area (Å²) in [4.78, 5) is 13.6. The van der Waals surface area contributed by atoms with Gasteiger partial charge in [-0.25, -0.2) is 5.84 Å². The second-order valence-electron chi connectivity index (χ2n) is 6.28. The van der Waals surface area contributed by atoms with Gasteiger partial charge in [0.15, 0.2) is 11.0 Å². The molecule has 2 heterocycles. The number of anilines is 1. The van der Waals surface area contributed by atoms with Crippen molar-refractivity contribution in [1.29, 1.82) is 0 Å². The predicted molar refractivity (Wildman–Crippen MR) is 100 cm³/mol. The molecule has 0 bridgehead atoms. The number of nitrogen functional groups attached to an aromatic ring is 1. The summed E-state index contributed by atoms with van der Waals surface area (Å²) in [5, 5.41) is 8.45. The highest BCUT2D eigenvalue weighted by Crippen LogP contribution is 2.24. The summed E-state index contributed by atoms with van der Waals surface area (Å²) >= 11 is 5.78. The van der Waals surface area contributed by atoms with E-state index in [1.165, 1.54) is 0 Å². The van der Waals surface area contributed by atoms with Gasteiger partial charge in [0, 0.05) is 18.7 Å². The molecule has 2 aromatic rings. The second-order valence-corrected chi connectivity index (χ2v) is 6.67. The van der Waals surface area contributed by atoms with Gasteiger partial charge in [0.05, 0.1) is 6.61 Å². The van der Waals surface area contributed by atoms with E-state index in [-0.39, 0.29) is 5.91 Å². The van der Waals surface area contributed by atoms with Crippen LogP contribution in [0.3, 0.4) is 0 Å². The first-order valence-corrected chi connectivity index (χ1v) is 9.01. The van der Waals surface area contributed by atoms with Gasteiger partial charge in [0.25, 0.3) is 5.91 Å². The summed E-state index contributed by atoms with van der Waals surface area (Å²) in [6, 6.07) is 10.6. The fraction of sp³-hybridized carbons (Fsp3) is 0.389. The molecule has 1 saturated heterocycles. The maximum absolute atomic E-state index is 11.4. The molecule has 0 radical (unpaired) electrons. The van der Waals surface area contributed by atoms with E-state index in [4.69, 9.17) is 22.2 Å². The van der Waals surface area contributed by atoms with Crippen molar-refractivity contribution < 1.29 is 9.53 Å². The van der Waals surface area contributed by atoms with Gasteiger partial charge >= 0.3 is 0 Å². The Morgan fingerprint density at radius 3 is 2.54 bits per heavy atom. The number of piperidine rings is 1. The van der Waals surface area contributed by atoms with Crippen molar-refractivity contribution in [3.8, 4) is 5.75 Å². The molecule has 1 fully saturated rings. The number of hydrogen-bond acceptors (Lipinski definition) is 6. The van der Waals surface area contributed by atoms with E-state index in [0.717, 1.165) is 43.9 Å². The van der Waals surface area contributed by atoms with Crippen molar-refractivity contribution in [1.82, 2.24) is 15.6 Å². The van der Waals surface area contributed by atoms with Crippen LogP contribution in [-0.4, -0.2) is 35.8 Å². The van der Waals surface area contributed by atoms with Crippen molar-refractivity contribution in [3.05, 3.63) is 47.1 Å². The van der Waals surface area contributed by atoms with Gasteiger partial charge in [0.2, 0.25) is 0 Å². The molecule has 3 rings (SSSR count). The quantitative estimate of drug-likeness (QED) is 0.457. The first-order chi connectivity index (χ1) is 12.7. The van der Waals surface area contributed by atoms with Crippen LogP contribution in [0.4, 0.5) is 5.82 Å². The molecule has 0 aliphatic carbocycles. The molecule has 1 aliphatic heterocycles. The Morgan fingerprint density at radius 2 is 1.92 bits per heavy atom. The number of ether oxygens (including phenoxy) is 1. The molecular formula is C18H22ClN5O2. The SMILES string of the molecule is NNC(=O)c1ccc(OCCC2CCN(c3ccc(Cl)nn3)CC2)cc1. The van der Waals surface area contributed by atoms with E-state index >= 15 is 0 Å². The molecule has 0 unspecified atom stereocenters. The van der Waals surface area contributed by atoms with E-state index < -0.39 is 0 Å². The van der Waals surface area contributed by atoms with Crippen LogP contribution in [0.1, 0.15) is 29.6 Å². The minimum atomic E-state index is -0.311.